The van der Waals surface area contributed by atoms with Gasteiger partial charge in [0.2, 0.25) is 0 Å². The molecule has 26 heavy (non-hydrogen) atoms. The molecule has 1 aliphatic rings. The summed E-state index contributed by atoms with van der Waals surface area (Å²) in [5.74, 6) is 0.669. The van der Waals surface area contributed by atoms with Crippen LogP contribution in [0.4, 0.5) is 11.4 Å². The van der Waals surface area contributed by atoms with Crippen LogP contribution in [0.2, 0.25) is 0 Å². The van der Waals surface area contributed by atoms with Crippen molar-refractivity contribution in [3.8, 4) is 0 Å². The van der Waals surface area contributed by atoms with Crippen molar-refractivity contribution >= 4 is 17.3 Å². The van der Waals surface area contributed by atoms with Crippen LogP contribution in [-0.2, 0) is 13.0 Å². The number of anilines is 2. The highest BCUT2D eigenvalue weighted by Gasteiger charge is 2.18. The van der Waals surface area contributed by atoms with Crippen LogP contribution in [0, 0.1) is 6.92 Å². The molecule has 5 nitrogen and oxygen atoms in total. The molecule has 2 aromatic carbocycles. The van der Waals surface area contributed by atoms with Gasteiger partial charge < -0.3 is 15.2 Å². The van der Waals surface area contributed by atoms with E-state index in [-0.39, 0.29) is 5.91 Å². The van der Waals surface area contributed by atoms with Crippen molar-refractivity contribution in [2.45, 2.75) is 26.3 Å². The normalized spacial score (nSPS) is 13.3. The Morgan fingerprint density at radius 1 is 1.19 bits per heavy atom. The maximum atomic E-state index is 12.3. The average Bonchev–Trinajstić information content (AvgIpc) is 3.11. The number of carbonyl (C=O) groups excluding carboxylic acids is 1. The molecule has 0 saturated carbocycles. The van der Waals surface area contributed by atoms with Crippen LogP contribution >= 0.6 is 0 Å². The van der Waals surface area contributed by atoms with E-state index in [0.29, 0.717) is 12.1 Å². The van der Waals surface area contributed by atoms with E-state index < -0.39 is 0 Å². The number of nitrogens with one attached hydrogen (secondary N) is 2. The van der Waals surface area contributed by atoms with Crippen LogP contribution in [0.1, 0.15) is 33.9 Å². The highest BCUT2D eigenvalue weighted by molar-refractivity contribution is 5.94. The second kappa shape index (κ2) is 7.04. The largest absolute Gasteiger partial charge is 0.345 e. The molecule has 0 atom stereocenters. The molecule has 0 saturated heterocycles. The number of hydrogen-bond donors (Lipinski definition) is 2. The monoisotopic (exact) mass is 346 g/mol. The van der Waals surface area contributed by atoms with E-state index >= 15 is 0 Å². The standard InChI is InChI=1S/C21H22N4O/c1-15-13-22-20(24-15)14-23-21(26)17-8-10-18(11-9-17)25-12-4-6-16-5-2-3-7-19(16)25/h2-3,5,7-11,13H,4,6,12,14H2,1H3,(H,22,24)(H,23,26). The van der Waals surface area contributed by atoms with Gasteiger partial charge in [0.1, 0.15) is 5.82 Å². The van der Waals surface area contributed by atoms with Crippen molar-refractivity contribution in [1.82, 2.24) is 15.3 Å². The maximum Gasteiger partial charge on any atom is 0.251 e. The third kappa shape index (κ3) is 3.33. The first-order chi connectivity index (χ1) is 12.7. The molecule has 132 valence electrons. The van der Waals surface area contributed by atoms with Crippen LogP contribution in [-0.4, -0.2) is 22.4 Å². The summed E-state index contributed by atoms with van der Waals surface area (Å²) < 4.78 is 0. The summed E-state index contributed by atoms with van der Waals surface area (Å²) >= 11 is 0. The molecule has 0 spiro atoms. The number of imidazole rings is 1. The van der Waals surface area contributed by atoms with Crippen molar-refractivity contribution in [2.24, 2.45) is 0 Å². The Labute approximate surface area is 153 Å². The van der Waals surface area contributed by atoms with Crippen LogP contribution in [0.25, 0.3) is 0 Å². The second-order valence-electron chi connectivity index (χ2n) is 6.63. The predicted octanol–water partition coefficient (Wildman–Crippen LogP) is 3.73. The predicted molar refractivity (Wildman–Crippen MR) is 103 cm³/mol. The van der Waals surface area contributed by atoms with Gasteiger partial charge in [0.25, 0.3) is 5.91 Å². The quantitative estimate of drug-likeness (QED) is 0.757. The van der Waals surface area contributed by atoms with Gasteiger partial charge in [0.15, 0.2) is 0 Å². The molecule has 0 unspecified atom stereocenters. The number of carbonyl (C=O) groups is 1. The average molecular weight is 346 g/mol. The van der Waals surface area contributed by atoms with Gasteiger partial charge in [-0.2, -0.15) is 0 Å². The summed E-state index contributed by atoms with van der Waals surface area (Å²) in [5, 5.41) is 2.90. The first-order valence-corrected chi connectivity index (χ1v) is 8.95. The lowest BCUT2D eigenvalue weighted by Crippen LogP contribution is -2.25. The Morgan fingerprint density at radius 3 is 2.77 bits per heavy atom. The van der Waals surface area contributed by atoms with Gasteiger partial charge in [-0.25, -0.2) is 4.98 Å². The Kier molecular flexibility index (Phi) is 4.44. The third-order valence-electron chi connectivity index (χ3n) is 4.72. The van der Waals surface area contributed by atoms with E-state index in [4.69, 9.17) is 0 Å². The minimum Gasteiger partial charge on any atom is -0.345 e. The Hall–Kier alpha value is -3.08. The lowest BCUT2D eigenvalue weighted by atomic mass is 10.0. The molecule has 1 amide bonds. The fourth-order valence-electron chi connectivity index (χ4n) is 3.42. The minimum atomic E-state index is -0.0929. The molecule has 2 N–H and O–H groups in total. The number of aromatic amines is 1. The summed E-state index contributed by atoms with van der Waals surface area (Å²) in [7, 11) is 0. The summed E-state index contributed by atoms with van der Waals surface area (Å²) in [4.78, 5) is 22.0. The highest BCUT2D eigenvalue weighted by Crippen LogP contribution is 2.33. The van der Waals surface area contributed by atoms with Gasteiger partial charge in [-0.3, -0.25) is 4.79 Å². The SMILES string of the molecule is Cc1cnc(CNC(=O)c2ccc(N3CCCc4ccccc43)cc2)[nH]1. The van der Waals surface area contributed by atoms with Crippen LogP contribution in [0.5, 0.6) is 0 Å². The molecule has 0 bridgehead atoms. The van der Waals surface area contributed by atoms with E-state index in [9.17, 15) is 4.79 Å². The molecule has 0 radical (unpaired) electrons. The van der Waals surface area contributed by atoms with Crippen molar-refractivity contribution < 1.29 is 4.79 Å². The van der Waals surface area contributed by atoms with E-state index in [2.05, 4.69) is 44.5 Å². The van der Waals surface area contributed by atoms with Crippen LogP contribution in [0.3, 0.4) is 0 Å². The first kappa shape index (κ1) is 16.4. The summed E-state index contributed by atoms with van der Waals surface area (Å²) in [6.07, 6.45) is 4.02. The molecule has 0 fully saturated rings. The number of fused-ring (bicyclic) bond motifs is 1. The molecular weight excluding hydrogens is 324 g/mol. The van der Waals surface area contributed by atoms with Gasteiger partial charge >= 0.3 is 0 Å². The van der Waals surface area contributed by atoms with Gasteiger partial charge in [-0.15, -0.1) is 0 Å². The van der Waals surface area contributed by atoms with Crippen molar-refractivity contribution in [2.75, 3.05) is 11.4 Å². The molecule has 3 aromatic rings. The van der Waals surface area contributed by atoms with Crippen molar-refractivity contribution in [3.63, 3.8) is 0 Å². The Morgan fingerprint density at radius 2 is 2.00 bits per heavy atom. The van der Waals surface area contributed by atoms with E-state index in [1.807, 2.05) is 31.2 Å². The molecule has 4 rings (SSSR count). The second-order valence-corrected chi connectivity index (χ2v) is 6.63. The van der Waals surface area contributed by atoms with Gasteiger partial charge in [0, 0.05) is 35.4 Å². The van der Waals surface area contributed by atoms with Crippen molar-refractivity contribution in [1.29, 1.82) is 0 Å². The molecule has 0 aliphatic carbocycles. The Balaban J connectivity index is 1.46. The van der Waals surface area contributed by atoms with Gasteiger partial charge in [-0.05, 0) is 55.7 Å². The topological polar surface area (TPSA) is 61.0 Å². The van der Waals surface area contributed by atoms with Gasteiger partial charge in [-0.1, -0.05) is 18.2 Å². The number of hydrogen-bond acceptors (Lipinski definition) is 3. The number of nitrogens with zero attached hydrogens (tertiary/aromatic N) is 2. The lowest BCUT2D eigenvalue weighted by molar-refractivity contribution is 0.0950. The number of para-hydroxylation sites is 1. The molecule has 1 aliphatic heterocycles. The van der Waals surface area contributed by atoms with E-state index in [0.717, 1.165) is 36.6 Å². The maximum absolute atomic E-state index is 12.3. The molecule has 1 aromatic heterocycles. The van der Waals surface area contributed by atoms with Crippen molar-refractivity contribution in [3.05, 3.63) is 77.4 Å². The van der Waals surface area contributed by atoms with Gasteiger partial charge in [0.05, 0.1) is 6.54 Å². The summed E-state index contributed by atoms with van der Waals surface area (Å²) in [6, 6.07) is 16.3. The molecular formula is C21H22N4O. The number of aromatic nitrogens is 2. The number of H-pyrrole nitrogens is 1. The zero-order valence-electron chi connectivity index (χ0n) is 14.8. The van der Waals surface area contributed by atoms with E-state index in [1.54, 1.807) is 6.20 Å². The molecule has 2 heterocycles. The first-order valence-electron chi connectivity index (χ1n) is 8.95. The zero-order valence-corrected chi connectivity index (χ0v) is 14.8. The fourth-order valence-corrected chi connectivity index (χ4v) is 3.42. The van der Waals surface area contributed by atoms with Crippen LogP contribution < -0.4 is 10.2 Å². The summed E-state index contributed by atoms with van der Waals surface area (Å²) in [6.45, 7) is 3.34. The Bertz CT molecular complexity index is 914. The number of aryl methyl sites for hydroxylation is 2. The number of benzene rings is 2. The van der Waals surface area contributed by atoms with Crippen LogP contribution in [0.15, 0.2) is 54.7 Å². The third-order valence-corrected chi connectivity index (χ3v) is 4.72. The fraction of sp³-hybridized carbons (Fsp3) is 0.238. The summed E-state index contributed by atoms with van der Waals surface area (Å²) in [5.41, 5.74) is 5.41. The number of rotatable bonds is 4. The zero-order chi connectivity index (χ0) is 17.9. The molecule has 5 heteroatoms. The number of amides is 1. The van der Waals surface area contributed by atoms with E-state index in [1.165, 1.54) is 11.3 Å². The smallest absolute Gasteiger partial charge is 0.251 e. The minimum absolute atomic E-state index is 0.0929. The lowest BCUT2D eigenvalue weighted by Gasteiger charge is -2.31. The highest BCUT2D eigenvalue weighted by atomic mass is 16.1.